The lowest BCUT2D eigenvalue weighted by molar-refractivity contribution is 0.800. The summed E-state index contributed by atoms with van der Waals surface area (Å²) in [6.07, 6.45) is 0. The van der Waals surface area contributed by atoms with Gasteiger partial charge < -0.3 is 0 Å². The molecule has 0 radical (unpaired) electrons. The lowest BCUT2D eigenvalue weighted by atomic mass is 10.3. The molecule has 5 heteroatoms. The number of hydrogen-bond acceptors (Lipinski definition) is 3. The number of thioether (sulfide) groups is 1. The first-order valence-electron chi connectivity index (χ1n) is 4.11. The molecular weight excluding hydrogens is 206 g/mol. The number of aromatic nitrogens is 3. The minimum absolute atomic E-state index is 0.252. The first kappa shape index (κ1) is 10.9. The monoisotopic (exact) mass is 219 g/mol. The highest BCUT2D eigenvalue weighted by Crippen LogP contribution is 2.25. The van der Waals surface area contributed by atoms with E-state index in [9.17, 15) is 0 Å². The number of rotatable bonds is 3. The second-order valence-corrected chi connectivity index (χ2v) is 5.80. The summed E-state index contributed by atoms with van der Waals surface area (Å²) < 4.78 is 0.252. The molecule has 0 aliphatic carbocycles. The zero-order valence-electron chi connectivity index (χ0n) is 8.09. The lowest BCUT2D eigenvalue weighted by Gasteiger charge is -2.15. The summed E-state index contributed by atoms with van der Waals surface area (Å²) in [4.78, 5) is 4.21. The van der Waals surface area contributed by atoms with Crippen molar-refractivity contribution in [1.82, 2.24) is 15.2 Å². The maximum atomic E-state index is 5.59. The van der Waals surface area contributed by atoms with Gasteiger partial charge in [0, 0.05) is 4.75 Å². The average Bonchev–Trinajstić information content (AvgIpc) is 2.47. The Bertz CT molecular complexity index is 267. The van der Waals surface area contributed by atoms with Crippen LogP contribution >= 0.6 is 23.4 Å². The third-order valence-corrected chi connectivity index (χ3v) is 2.86. The molecule has 0 atom stereocenters. The highest BCUT2D eigenvalue weighted by atomic mass is 35.5. The topological polar surface area (TPSA) is 41.6 Å². The van der Waals surface area contributed by atoms with Gasteiger partial charge in [0.05, 0.1) is 11.6 Å². The van der Waals surface area contributed by atoms with E-state index in [-0.39, 0.29) is 4.75 Å². The molecule has 74 valence electrons. The van der Waals surface area contributed by atoms with Crippen LogP contribution < -0.4 is 0 Å². The van der Waals surface area contributed by atoms with Crippen LogP contribution in [0.15, 0.2) is 0 Å². The van der Waals surface area contributed by atoms with Gasteiger partial charge in [-0.2, -0.15) is 5.10 Å². The van der Waals surface area contributed by atoms with Crippen LogP contribution in [0, 0.1) is 0 Å². The summed E-state index contributed by atoms with van der Waals surface area (Å²) in [5, 5.41) is 6.83. The molecule has 3 nitrogen and oxygen atoms in total. The third kappa shape index (κ3) is 4.00. The van der Waals surface area contributed by atoms with Crippen LogP contribution in [0.5, 0.6) is 0 Å². The van der Waals surface area contributed by atoms with E-state index in [0.717, 1.165) is 17.4 Å². The van der Waals surface area contributed by atoms with E-state index in [2.05, 4.69) is 36.0 Å². The second-order valence-electron chi connectivity index (χ2n) is 3.73. The third-order valence-electron chi connectivity index (χ3n) is 1.34. The van der Waals surface area contributed by atoms with Crippen molar-refractivity contribution < 1.29 is 0 Å². The summed E-state index contributed by atoms with van der Waals surface area (Å²) in [5.74, 6) is 2.80. The van der Waals surface area contributed by atoms with E-state index in [0.29, 0.717) is 5.88 Å². The molecule has 1 rings (SSSR count). The van der Waals surface area contributed by atoms with Crippen molar-refractivity contribution in [3.63, 3.8) is 0 Å². The fourth-order valence-electron chi connectivity index (χ4n) is 0.740. The molecule has 1 aromatic heterocycles. The van der Waals surface area contributed by atoms with Crippen molar-refractivity contribution in [3.8, 4) is 0 Å². The highest BCUT2D eigenvalue weighted by molar-refractivity contribution is 7.99. The Labute approximate surface area is 87.7 Å². The van der Waals surface area contributed by atoms with Gasteiger partial charge in [-0.05, 0) is 0 Å². The van der Waals surface area contributed by atoms with Crippen LogP contribution in [0.4, 0.5) is 0 Å². The van der Waals surface area contributed by atoms with Gasteiger partial charge in [0.15, 0.2) is 5.82 Å². The predicted molar refractivity (Wildman–Crippen MR) is 57.0 cm³/mol. The number of halogens is 1. The fraction of sp³-hybridized carbons (Fsp3) is 0.750. The number of hydrogen-bond donors (Lipinski definition) is 1. The number of alkyl halides is 1. The molecule has 1 N–H and O–H groups in total. The Morgan fingerprint density at radius 3 is 2.62 bits per heavy atom. The summed E-state index contributed by atoms with van der Waals surface area (Å²) in [6, 6.07) is 0. The van der Waals surface area contributed by atoms with Crippen molar-refractivity contribution in [1.29, 1.82) is 0 Å². The van der Waals surface area contributed by atoms with Gasteiger partial charge >= 0.3 is 0 Å². The van der Waals surface area contributed by atoms with Gasteiger partial charge in [-0.3, -0.25) is 5.10 Å². The maximum Gasteiger partial charge on any atom is 0.160 e. The number of H-pyrrole nitrogens is 1. The molecule has 13 heavy (non-hydrogen) atoms. The molecule has 0 spiro atoms. The molecule has 0 unspecified atom stereocenters. The molecule has 0 saturated heterocycles. The summed E-state index contributed by atoms with van der Waals surface area (Å²) >= 11 is 7.41. The van der Waals surface area contributed by atoms with Gasteiger partial charge in [-0.15, -0.1) is 23.4 Å². The first-order valence-corrected chi connectivity index (χ1v) is 5.63. The smallest absolute Gasteiger partial charge is 0.160 e. The van der Waals surface area contributed by atoms with Crippen molar-refractivity contribution >= 4 is 23.4 Å². The molecule has 0 aromatic carbocycles. The average molecular weight is 220 g/mol. The summed E-state index contributed by atoms with van der Waals surface area (Å²) in [6.45, 7) is 6.52. The standard InChI is InChI=1S/C8H14ClN3S/c1-8(2,3)13-5-7-10-6(4-9)11-12-7/h4-5H2,1-3H3,(H,10,11,12). The Morgan fingerprint density at radius 2 is 2.15 bits per heavy atom. The molecule has 0 amide bonds. The van der Waals surface area contributed by atoms with Gasteiger partial charge in [-0.25, -0.2) is 4.98 Å². The van der Waals surface area contributed by atoms with Crippen LogP contribution in [0.1, 0.15) is 32.4 Å². The largest absolute Gasteiger partial charge is 0.262 e. The van der Waals surface area contributed by atoms with E-state index in [1.807, 2.05) is 11.8 Å². The van der Waals surface area contributed by atoms with Gasteiger partial charge in [0.25, 0.3) is 0 Å². The van der Waals surface area contributed by atoms with Gasteiger partial charge in [0.2, 0.25) is 0 Å². The SMILES string of the molecule is CC(C)(C)SCc1n[nH]c(CCl)n1. The van der Waals surface area contributed by atoms with Crippen molar-refractivity contribution in [2.24, 2.45) is 0 Å². The highest BCUT2D eigenvalue weighted by Gasteiger charge is 2.12. The second kappa shape index (κ2) is 4.33. The number of nitrogens with one attached hydrogen (secondary N) is 1. The van der Waals surface area contributed by atoms with Crippen molar-refractivity contribution in [2.75, 3.05) is 0 Å². The molecule has 0 aliphatic rings. The van der Waals surface area contributed by atoms with Crippen molar-refractivity contribution in [3.05, 3.63) is 11.6 Å². The Balaban J connectivity index is 2.46. The lowest BCUT2D eigenvalue weighted by Crippen LogP contribution is -2.07. The minimum atomic E-state index is 0.252. The molecule has 0 saturated carbocycles. The maximum absolute atomic E-state index is 5.59. The van der Waals surface area contributed by atoms with E-state index < -0.39 is 0 Å². The van der Waals surface area contributed by atoms with Crippen LogP contribution in [0.2, 0.25) is 0 Å². The quantitative estimate of drug-likeness (QED) is 0.795. The molecule has 1 aromatic rings. The van der Waals surface area contributed by atoms with Gasteiger partial charge in [-0.1, -0.05) is 20.8 Å². The van der Waals surface area contributed by atoms with Crippen LogP contribution in [0.3, 0.4) is 0 Å². The van der Waals surface area contributed by atoms with E-state index in [1.165, 1.54) is 0 Å². The van der Waals surface area contributed by atoms with Crippen LogP contribution in [0.25, 0.3) is 0 Å². The van der Waals surface area contributed by atoms with E-state index >= 15 is 0 Å². The molecule has 1 heterocycles. The zero-order valence-corrected chi connectivity index (χ0v) is 9.67. The van der Waals surface area contributed by atoms with E-state index in [4.69, 9.17) is 11.6 Å². The Morgan fingerprint density at radius 1 is 1.46 bits per heavy atom. The van der Waals surface area contributed by atoms with Crippen LogP contribution in [-0.4, -0.2) is 19.9 Å². The summed E-state index contributed by atoms with van der Waals surface area (Å²) in [5.41, 5.74) is 0. The molecule has 0 bridgehead atoms. The van der Waals surface area contributed by atoms with Crippen LogP contribution in [-0.2, 0) is 11.6 Å². The minimum Gasteiger partial charge on any atom is -0.262 e. The number of nitrogens with zero attached hydrogens (tertiary/aromatic N) is 2. The van der Waals surface area contributed by atoms with Gasteiger partial charge in [0.1, 0.15) is 5.82 Å². The predicted octanol–water partition coefficient (Wildman–Crippen LogP) is 2.58. The van der Waals surface area contributed by atoms with E-state index in [1.54, 1.807) is 0 Å². The Hall–Kier alpha value is -0.220. The first-order chi connectivity index (χ1) is 6.01. The van der Waals surface area contributed by atoms with Crippen molar-refractivity contribution in [2.45, 2.75) is 37.2 Å². The fourth-order valence-corrected chi connectivity index (χ4v) is 1.55. The Kier molecular flexibility index (Phi) is 3.62. The zero-order chi connectivity index (χ0) is 9.90. The summed E-state index contributed by atoms with van der Waals surface area (Å²) in [7, 11) is 0. The molecular formula is C8H14ClN3S. The number of aromatic amines is 1. The molecule has 0 fully saturated rings. The molecule has 0 aliphatic heterocycles. The normalized spacial score (nSPS) is 12.0.